The van der Waals surface area contributed by atoms with Gasteiger partial charge in [0, 0.05) is 22.9 Å². The third-order valence-electron chi connectivity index (χ3n) is 2.84. The Morgan fingerprint density at radius 3 is 2.24 bits per heavy atom. The van der Waals surface area contributed by atoms with Crippen LogP contribution < -0.4 is 4.90 Å². The second-order valence-corrected chi connectivity index (χ2v) is 5.42. The molecular weight excluding hydrogens is 322 g/mol. The summed E-state index contributed by atoms with van der Waals surface area (Å²) in [5.74, 6) is 0. The Kier molecular flexibility index (Phi) is 7.55. The van der Waals surface area contributed by atoms with E-state index in [0.717, 1.165) is 4.47 Å². The molecule has 0 saturated heterocycles. The van der Waals surface area contributed by atoms with E-state index >= 15 is 0 Å². The van der Waals surface area contributed by atoms with Gasteiger partial charge in [-0.15, -0.1) is 6.58 Å². The molecule has 0 radical (unpaired) electrons. The van der Waals surface area contributed by atoms with Gasteiger partial charge in [-0.25, -0.2) is 0 Å². The van der Waals surface area contributed by atoms with Crippen molar-refractivity contribution in [1.82, 2.24) is 0 Å². The summed E-state index contributed by atoms with van der Waals surface area (Å²) >= 11 is 3.52. The van der Waals surface area contributed by atoms with Gasteiger partial charge in [-0.2, -0.15) is 0 Å². The van der Waals surface area contributed by atoms with E-state index in [4.69, 9.17) is 0 Å². The molecule has 0 aliphatic heterocycles. The van der Waals surface area contributed by atoms with E-state index in [1.54, 1.807) is 6.08 Å². The zero-order chi connectivity index (χ0) is 15.7. The molecule has 0 spiro atoms. The van der Waals surface area contributed by atoms with Gasteiger partial charge in [0.1, 0.15) is 0 Å². The Bertz CT molecular complexity index is 588. The van der Waals surface area contributed by atoms with Gasteiger partial charge in [-0.3, -0.25) is 0 Å². The third kappa shape index (κ3) is 5.24. The summed E-state index contributed by atoms with van der Waals surface area (Å²) < 4.78 is 1.10. The van der Waals surface area contributed by atoms with Crippen LogP contribution in [0.3, 0.4) is 0 Å². The predicted molar refractivity (Wildman–Crippen MR) is 99.2 cm³/mol. The highest BCUT2D eigenvalue weighted by molar-refractivity contribution is 9.10. The molecule has 2 heteroatoms. The van der Waals surface area contributed by atoms with Crippen molar-refractivity contribution in [3.63, 3.8) is 0 Å². The largest absolute Gasteiger partial charge is 0.344 e. The normalized spacial score (nSPS) is 9.90. The number of hydrogen-bond donors (Lipinski definition) is 0. The predicted octanol–water partition coefficient (Wildman–Crippen LogP) is 6.44. The van der Waals surface area contributed by atoms with Crippen LogP contribution in [-0.2, 0) is 0 Å². The monoisotopic (exact) mass is 343 g/mol. The van der Waals surface area contributed by atoms with Gasteiger partial charge in [0.15, 0.2) is 0 Å². The van der Waals surface area contributed by atoms with Crippen molar-refractivity contribution in [3.8, 4) is 0 Å². The van der Waals surface area contributed by atoms with Crippen molar-refractivity contribution < 1.29 is 0 Å². The van der Waals surface area contributed by atoms with Crippen LogP contribution in [0, 0.1) is 0 Å². The number of anilines is 2. The highest BCUT2D eigenvalue weighted by atomic mass is 79.9. The molecule has 0 amide bonds. The number of rotatable bonds is 3. The molecule has 0 aliphatic carbocycles. The number of para-hydroxylation sites is 1. The van der Waals surface area contributed by atoms with Gasteiger partial charge in [-0.1, -0.05) is 52.4 Å². The molecule has 2 aromatic carbocycles. The Labute approximate surface area is 136 Å². The van der Waals surface area contributed by atoms with Gasteiger partial charge < -0.3 is 4.90 Å². The van der Waals surface area contributed by atoms with Crippen LogP contribution in [0.15, 0.2) is 71.7 Å². The summed E-state index contributed by atoms with van der Waals surface area (Å²) in [6, 6.07) is 16.7. The van der Waals surface area contributed by atoms with Crippen molar-refractivity contribution in [2.45, 2.75) is 13.8 Å². The number of benzene rings is 2. The van der Waals surface area contributed by atoms with Crippen LogP contribution in [0.1, 0.15) is 19.4 Å². The molecule has 2 aromatic rings. The van der Waals surface area contributed by atoms with Crippen LogP contribution in [0.25, 0.3) is 6.08 Å². The Balaban J connectivity index is 0.000000677. The average molecular weight is 344 g/mol. The maximum Gasteiger partial charge on any atom is 0.0482 e. The second-order valence-electron chi connectivity index (χ2n) is 4.51. The molecule has 0 heterocycles. The van der Waals surface area contributed by atoms with E-state index in [1.165, 1.54) is 16.9 Å². The molecule has 0 saturated carbocycles. The maximum atomic E-state index is 3.52. The molecule has 0 N–H and O–H groups in total. The first-order chi connectivity index (χ1) is 10.1. The lowest BCUT2D eigenvalue weighted by Gasteiger charge is -2.22. The van der Waals surface area contributed by atoms with Gasteiger partial charge in [0.25, 0.3) is 0 Å². The van der Waals surface area contributed by atoms with Gasteiger partial charge in [0.2, 0.25) is 0 Å². The summed E-state index contributed by atoms with van der Waals surface area (Å²) in [6.45, 7) is 7.28. The number of allylic oxidation sites excluding steroid dienone is 2. The van der Waals surface area contributed by atoms with E-state index in [-0.39, 0.29) is 0 Å². The minimum absolute atomic E-state index is 1.10. The fourth-order valence-electron chi connectivity index (χ4n) is 1.93. The van der Waals surface area contributed by atoms with E-state index in [0.29, 0.717) is 0 Å². The van der Waals surface area contributed by atoms with Gasteiger partial charge >= 0.3 is 0 Å². The zero-order valence-electron chi connectivity index (χ0n) is 12.9. The molecule has 0 aliphatic rings. The maximum absolute atomic E-state index is 3.52. The third-order valence-corrected chi connectivity index (χ3v) is 3.33. The minimum Gasteiger partial charge on any atom is -0.344 e. The number of halogens is 1. The van der Waals surface area contributed by atoms with Crippen LogP contribution >= 0.6 is 15.9 Å². The van der Waals surface area contributed by atoms with Crippen molar-refractivity contribution in [2.75, 3.05) is 11.9 Å². The van der Waals surface area contributed by atoms with Crippen LogP contribution in [0.5, 0.6) is 0 Å². The number of hydrogen-bond acceptors (Lipinski definition) is 1. The Hall–Kier alpha value is -1.80. The highest BCUT2D eigenvalue weighted by Gasteiger charge is 2.07. The van der Waals surface area contributed by atoms with Crippen LogP contribution in [0.4, 0.5) is 11.4 Å². The zero-order valence-corrected chi connectivity index (χ0v) is 14.5. The topological polar surface area (TPSA) is 3.24 Å². The van der Waals surface area contributed by atoms with Crippen LogP contribution in [0.2, 0.25) is 0 Å². The smallest absolute Gasteiger partial charge is 0.0482 e. The van der Waals surface area contributed by atoms with E-state index in [1.807, 2.05) is 19.9 Å². The lowest BCUT2D eigenvalue weighted by Crippen LogP contribution is -2.10. The average Bonchev–Trinajstić information content (AvgIpc) is 2.49. The van der Waals surface area contributed by atoms with E-state index in [9.17, 15) is 0 Å². The Morgan fingerprint density at radius 1 is 1.05 bits per heavy atom. The van der Waals surface area contributed by atoms with E-state index < -0.39 is 0 Å². The van der Waals surface area contributed by atoms with E-state index in [2.05, 4.69) is 89.1 Å². The van der Waals surface area contributed by atoms with Crippen molar-refractivity contribution >= 4 is 33.4 Å². The SMILES string of the molecule is C/C=C/c1cc(Br)ccc1N(C)c1ccccc1.C=CC. The lowest BCUT2D eigenvalue weighted by molar-refractivity contribution is 1.20. The fourth-order valence-corrected chi connectivity index (χ4v) is 2.31. The first-order valence-corrected chi connectivity index (χ1v) is 7.71. The molecule has 110 valence electrons. The van der Waals surface area contributed by atoms with Gasteiger partial charge in [0.05, 0.1) is 0 Å². The summed E-state index contributed by atoms with van der Waals surface area (Å²) in [7, 11) is 2.09. The molecule has 0 atom stereocenters. The molecule has 2 rings (SSSR count). The summed E-state index contributed by atoms with van der Waals surface area (Å²) in [6.07, 6.45) is 5.93. The summed E-state index contributed by atoms with van der Waals surface area (Å²) in [5, 5.41) is 0. The minimum atomic E-state index is 1.10. The highest BCUT2D eigenvalue weighted by Crippen LogP contribution is 2.30. The van der Waals surface area contributed by atoms with Crippen molar-refractivity contribution in [3.05, 3.63) is 77.3 Å². The van der Waals surface area contributed by atoms with Crippen molar-refractivity contribution in [2.24, 2.45) is 0 Å². The molecule has 1 nitrogen and oxygen atoms in total. The molecule has 0 fully saturated rings. The molecule has 0 aromatic heterocycles. The summed E-state index contributed by atoms with van der Waals surface area (Å²) in [5.41, 5.74) is 3.59. The first-order valence-electron chi connectivity index (χ1n) is 6.92. The summed E-state index contributed by atoms with van der Waals surface area (Å²) in [4.78, 5) is 2.20. The van der Waals surface area contributed by atoms with Crippen molar-refractivity contribution in [1.29, 1.82) is 0 Å². The molecule has 21 heavy (non-hydrogen) atoms. The standard InChI is InChI=1S/C16H16BrN.C3H6/c1-3-7-13-12-14(17)10-11-16(13)18(2)15-8-5-4-6-9-15;1-3-2/h3-12H,1-2H3;3H,1H2,2H3/b7-3+;. The molecule has 0 bridgehead atoms. The van der Waals surface area contributed by atoms with Gasteiger partial charge in [-0.05, 0) is 49.7 Å². The Morgan fingerprint density at radius 2 is 1.67 bits per heavy atom. The fraction of sp³-hybridized carbons (Fsp3) is 0.158. The lowest BCUT2D eigenvalue weighted by atomic mass is 10.1. The second kappa shape index (κ2) is 9.19. The molecule has 0 unspecified atom stereocenters. The quantitative estimate of drug-likeness (QED) is 0.579. The first kappa shape index (κ1) is 17.3. The number of nitrogens with zero attached hydrogens (tertiary/aromatic N) is 1. The van der Waals surface area contributed by atoms with Crippen LogP contribution in [-0.4, -0.2) is 7.05 Å². The molecular formula is C19H22BrN.